The average molecular weight is 400 g/mol. The van der Waals surface area contributed by atoms with Gasteiger partial charge < -0.3 is 5.11 Å². The van der Waals surface area contributed by atoms with Gasteiger partial charge in [-0.3, -0.25) is 4.79 Å². The third-order valence-corrected chi connectivity index (χ3v) is 5.21. The zero-order valence-corrected chi connectivity index (χ0v) is 16.2. The van der Waals surface area contributed by atoms with Crippen molar-refractivity contribution in [3.63, 3.8) is 0 Å². The maximum absolute atomic E-state index is 12.8. The van der Waals surface area contributed by atoms with Crippen molar-refractivity contribution in [3.05, 3.63) is 71.8 Å². The lowest BCUT2D eigenvalue weighted by molar-refractivity contribution is -0.137. The van der Waals surface area contributed by atoms with Crippen LogP contribution in [0.5, 0.6) is 0 Å². The lowest BCUT2D eigenvalue weighted by Gasteiger charge is -2.11. The average Bonchev–Trinajstić information content (AvgIpc) is 2.71. The number of benzene rings is 3. The van der Waals surface area contributed by atoms with Crippen LogP contribution in [-0.2, 0) is 6.18 Å². The molecule has 3 aromatic carbocycles. The van der Waals surface area contributed by atoms with E-state index in [0.29, 0.717) is 24.0 Å². The Hall–Kier alpha value is -2.66. The highest BCUT2D eigenvalue weighted by molar-refractivity contribution is 6.03. The van der Waals surface area contributed by atoms with Crippen molar-refractivity contribution < 1.29 is 23.1 Å². The summed E-state index contributed by atoms with van der Waals surface area (Å²) in [5, 5.41) is 10.7. The van der Waals surface area contributed by atoms with Crippen LogP contribution in [0.1, 0.15) is 42.1 Å². The van der Waals surface area contributed by atoms with E-state index in [1.54, 1.807) is 6.07 Å². The van der Waals surface area contributed by atoms with E-state index in [1.165, 1.54) is 12.1 Å². The molecule has 0 fully saturated rings. The smallest absolute Gasteiger partial charge is 0.396 e. The van der Waals surface area contributed by atoms with Gasteiger partial charge in [0, 0.05) is 18.6 Å². The van der Waals surface area contributed by atoms with Crippen molar-refractivity contribution in [2.24, 2.45) is 5.92 Å². The van der Waals surface area contributed by atoms with E-state index in [2.05, 4.69) is 0 Å². The van der Waals surface area contributed by atoms with Crippen molar-refractivity contribution >= 4 is 16.6 Å². The molecule has 29 heavy (non-hydrogen) atoms. The molecule has 152 valence electrons. The van der Waals surface area contributed by atoms with Crippen LogP contribution in [0, 0.1) is 5.92 Å². The van der Waals surface area contributed by atoms with Crippen LogP contribution in [0.4, 0.5) is 13.2 Å². The highest BCUT2D eigenvalue weighted by Crippen LogP contribution is 2.33. The Morgan fingerprint density at radius 1 is 1.00 bits per heavy atom. The Morgan fingerprint density at radius 3 is 2.38 bits per heavy atom. The minimum atomic E-state index is -4.36. The summed E-state index contributed by atoms with van der Waals surface area (Å²) in [5.41, 5.74) is 1.47. The molecule has 1 atom stereocenters. The third-order valence-electron chi connectivity index (χ3n) is 5.21. The molecule has 5 heteroatoms. The van der Waals surface area contributed by atoms with Crippen molar-refractivity contribution in [2.75, 3.05) is 6.61 Å². The van der Waals surface area contributed by atoms with Gasteiger partial charge in [0.15, 0.2) is 5.78 Å². The Bertz CT molecular complexity index is 991. The van der Waals surface area contributed by atoms with Crippen molar-refractivity contribution in [1.29, 1.82) is 0 Å². The second-order valence-electron chi connectivity index (χ2n) is 7.40. The maximum atomic E-state index is 12.8. The summed E-state index contributed by atoms with van der Waals surface area (Å²) < 4.78 is 38.4. The molecule has 1 N–H and O–H groups in total. The second kappa shape index (κ2) is 8.78. The normalized spacial score (nSPS) is 12.9. The van der Waals surface area contributed by atoms with Crippen LogP contribution < -0.4 is 0 Å². The van der Waals surface area contributed by atoms with Gasteiger partial charge >= 0.3 is 6.18 Å². The number of hydrogen-bond donors (Lipinski definition) is 1. The molecule has 0 aliphatic rings. The second-order valence-corrected chi connectivity index (χ2v) is 7.40. The summed E-state index contributed by atoms with van der Waals surface area (Å²) >= 11 is 0. The predicted molar refractivity (Wildman–Crippen MR) is 109 cm³/mol. The van der Waals surface area contributed by atoms with Crippen LogP contribution in [0.15, 0.2) is 60.7 Å². The zero-order chi connectivity index (χ0) is 21.0. The molecule has 0 heterocycles. The Labute approximate surface area is 168 Å². The highest BCUT2D eigenvalue weighted by atomic mass is 19.4. The predicted octanol–water partition coefficient (Wildman–Crippen LogP) is 6.51. The SMILES string of the molecule is C[C@H](CCO)CCC(=O)c1ccc2c(-c3ccc(C(F)(F)F)cc3)cccc2c1. The maximum Gasteiger partial charge on any atom is 0.416 e. The number of aliphatic hydroxyl groups excluding tert-OH is 1. The molecule has 0 saturated carbocycles. The Kier molecular flexibility index (Phi) is 6.38. The first kappa shape index (κ1) is 21.1. The van der Waals surface area contributed by atoms with Gasteiger partial charge in [0.25, 0.3) is 0 Å². The van der Waals surface area contributed by atoms with Gasteiger partial charge in [-0.15, -0.1) is 0 Å². The number of ketones is 1. The van der Waals surface area contributed by atoms with Crippen molar-refractivity contribution in [3.8, 4) is 11.1 Å². The first-order valence-corrected chi connectivity index (χ1v) is 9.64. The minimum absolute atomic E-state index is 0.0524. The zero-order valence-electron chi connectivity index (χ0n) is 16.2. The van der Waals surface area contributed by atoms with E-state index in [0.717, 1.165) is 34.9 Å². The lowest BCUT2D eigenvalue weighted by atomic mass is 9.94. The van der Waals surface area contributed by atoms with E-state index < -0.39 is 11.7 Å². The molecule has 3 rings (SSSR count). The fourth-order valence-corrected chi connectivity index (χ4v) is 3.43. The summed E-state index contributed by atoms with van der Waals surface area (Å²) in [6.07, 6.45) is -2.53. The Balaban J connectivity index is 1.86. The molecule has 0 bridgehead atoms. The molecule has 0 unspecified atom stereocenters. The number of fused-ring (bicyclic) bond motifs is 1. The van der Waals surface area contributed by atoms with Gasteiger partial charge in [-0.1, -0.05) is 49.4 Å². The molecule has 0 radical (unpaired) electrons. The number of Topliss-reactive ketones (excluding diaryl/α,β-unsaturated/α-hetero) is 1. The van der Waals surface area contributed by atoms with Gasteiger partial charge in [-0.25, -0.2) is 0 Å². The number of hydrogen-bond acceptors (Lipinski definition) is 2. The van der Waals surface area contributed by atoms with E-state index in [4.69, 9.17) is 5.11 Å². The fourth-order valence-electron chi connectivity index (χ4n) is 3.43. The number of alkyl halides is 3. The molecule has 0 saturated heterocycles. The van der Waals surface area contributed by atoms with Gasteiger partial charge in [0.1, 0.15) is 0 Å². The summed E-state index contributed by atoms with van der Waals surface area (Å²) in [6.45, 7) is 2.14. The van der Waals surface area contributed by atoms with Gasteiger partial charge in [0.05, 0.1) is 5.56 Å². The highest BCUT2D eigenvalue weighted by Gasteiger charge is 2.30. The number of halogens is 3. The van der Waals surface area contributed by atoms with Crippen LogP contribution >= 0.6 is 0 Å². The summed E-state index contributed by atoms with van der Waals surface area (Å²) in [4.78, 5) is 12.5. The molecule has 0 aromatic heterocycles. The molecular weight excluding hydrogens is 377 g/mol. The lowest BCUT2D eigenvalue weighted by Crippen LogP contribution is -2.04. The molecule has 0 amide bonds. The summed E-state index contributed by atoms with van der Waals surface area (Å²) in [5.74, 6) is 0.340. The van der Waals surface area contributed by atoms with E-state index in [9.17, 15) is 18.0 Å². The summed E-state index contributed by atoms with van der Waals surface area (Å²) in [7, 11) is 0. The molecule has 3 aromatic rings. The van der Waals surface area contributed by atoms with Crippen LogP contribution in [0.3, 0.4) is 0 Å². The standard InChI is InChI=1S/C24H23F3O2/c1-16(13-14-28)5-12-23(29)19-8-11-22-18(15-19)3-2-4-21(22)17-6-9-20(10-7-17)24(25,26)27/h2-4,6-11,15-16,28H,5,12-14H2,1H3/t16-/m0/s1. The van der Waals surface area contributed by atoms with E-state index >= 15 is 0 Å². The fraction of sp³-hybridized carbons (Fsp3) is 0.292. The first-order valence-electron chi connectivity index (χ1n) is 9.64. The summed E-state index contributed by atoms with van der Waals surface area (Å²) in [6, 6.07) is 16.2. The topological polar surface area (TPSA) is 37.3 Å². The molecule has 2 nitrogen and oxygen atoms in total. The number of rotatable bonds is 7. The van der Waals surface area contributed by atoms with Crippen LogP contribution in [-0.4, -0.2) is 17.5 Å². The quantitative estimate of drug-likeness (QED) is 0.459. The molecule has 0 aliphatic carbocycles. The van der Waals surface area contributed by atoms with Crippen molar-refractivity contribution in [2.45, 2.75) is 32.4 Å². The minimum Gasteiger partial charge on any atom is -0.396 e. The van der Waals surface area contributed by atoms with Crippen molar-refractivity contribution in [1.82, 2.24) is 0 Å². The first-order chi connectivity index (χ1) is 13.8. The van der Waals surface area contributed by atoms with Gasteiger partial charge in [0.2, 0.25) is 0 Å². The van der Waals surface area contributed by atoms with Gasteiger partial charge in [-0.05, 0) is 58.9 Å². The molecule has 0 aliphatic heterocycles. The van der Waals surface area contributed by atoms with Crippen LogP contribution in [0.2, 0.25) is 0 Å². The van der Waals surface area contributed by atoms with E-state index in [1.807, 2.05) is 37.3 Å². The third kappa shape index (κ3) is 5.04. The number of carbonyl (C=O) groups is 1. The van der Waals surface area contributed by atoms with Crippen LogP contribution in [0.25, 0.3) is 21.9 Å². The largest absolute Gasteiger partial charge is 0.416 e. The number of carbonyl (C=O) groups excluding carboxylic acids is 1. The number of aliphatic hydroxyl groups is 1. The van der Waals surface area contributed by atoms with Gasteiger partial charge in [-0.2, -0.15) is 13.2 Å². The van der Waals surface area contributed by atoms with E-state index in [-0.39, 0.29) is 18.3 Å². The monoisotopic (exact) mass is 400 g/mol. The molecular formula is C24H23F3O2. The Morgan fingerprint density at radius 2 is 1.72 bits per heavy atom. The molecule has 0 spiro atoms.